The Bertz CT molecular complexity index is 560. The zero-order valence-electron chi connectivity index (χ0n) is 11.1. The first-order chi connectivity index (χ1) is 9.26. The second kappa shape index (κ2) is 6.43. The van der Waals surface area contributed by atoms with Crippen molar-refractivity contribution in [2.75, 3.05) is 12.0 Å². The van der Waals surface area contributed by atoms with Crippen LogP contribution >= 0.6 is 11.8 Å². The molecule has 0 atom stereocenters. The molecule has 0 unspecified atom stereocenters. The molecule has 0 radical (unpaired) electrons. The summed E-state index contributed by atoms with van der Waals surface area (Å²) in [7, 11) is 0. The monoisotopic (exact) mass is 275 g/mol. The van der Waals surface area contributed by atoms with Crippen LogP contribution in [-0.4, -0.2) is 16.2 Å². The summed E-state index contributed by atoms with van der Waals surface area (Å²) in [5.41, 5.74) is 6.77. The Labute approximate surface area is 117 Å². The number of aromatic nitrogens is 2. The smallest absolute Gasteiger partial charge is 0.227 e. The summed E-state index contributed by atoms with van der Waals surface area (Å²) in [6.45, 7) is 2.09. The summed E-state index contributed by atoms with van der Waals surface area (Å²) in [6, 6.07) is 7.88. The van der Waals surface area contributed by atoms with E-state index in [1.165, 1.54) is 6.33 Å². The Morgan fingerprint density at radius 2 is 2.05 bits per heavy atom. The quantitative estimate of drug-likeness (QED) is 0.846. The van der Waals surface area contributed by atoms with Gasteiger partial charge in [-0.15, -0.1) is 11.8 Å². The van der Waals surface area contributed by atoms with Crippen LogP contribution in [0, 0.1) is 0 Å². The molecule has 4 nitrogen and oxygen atoms in total. The standard InChI is InChI=1S/C14H17N3OS/c1-3-6-10-13(15)16-9-17-14(10)18-11-7-4-5-8-12(11)19-2/h4-5,7-9H,3,6H2,1-2H3,(H2,15,16,17). The van der Waals surface area contributed by atoms with Crippen LogP contribution in [0.2, 0.25) is 0 Å². The number of ether oxygens (including phenoxy) is 1. The van der Waals surface area contributed by atoms with E-state index in [0.717, 1.165) is 29.1 Å². The molecule has 0 spiro atoms. The highest BCUT2D eigenvalue weighted by Gasteiger charge is 2.12. The van der Waals surface area contributed by atoms with E-state index in [9.17, 15) is 0 Å². The van der Waals surface area contributed by atoms with E-state index >= 15 is 0 Å². The number of benzene rings is 1. The van der Waals surface area contributed by atoms with Crippen molar-refractivity contribution in [2.24, 2.45) is 0 Å². The fourth-order valence-electron chi connectivity index (χ4n) is 1.79. The minimum atomic E-state index is 0.494. The molecule has 0 bridgehead atoms. The Morgan fingerprint density at radius 3 is 2.79 bits per heavy atom. The van der Waals surface area contributed by atoms with Crippen molar-refractivity contribution >= 4 is 17.6 Å². The average Bonchev–Trinajstić information content (AvgIpc) is 2.43. The van der Waals surface area contributed by atoms with Gasteiger partial charge in [-0.05, 0) is 24.8 Å². The van der Waals surface area contributed by atoms with Gasteiger partial charge in [-0.3, -0.25) is 0 Å². The van der Waals surface area contributed by atoms with E-state index in [0.29, 0.717) is 11.7 Å². The highest BCUT2D eigenvalue weighted by atomic mass is 32.2. The van der Waals surface area contributed by atoms with Gasteiger partial charge in [0.25, 0.3) is 0 Å². The van der Waals surface area contributed by atoms with Gasteiger partial charge in [-0.25, -0.2) is 9.97 Å². The molecule has 0 saturated carbocycles. The molecular weight excluding hydrogens is 258 g/mol. The molecule has 19 heavy (non-hydrogen) atoms. The van der Waals surface area contributed by atoms with Crippen molar-refractivity contribution in [3.63, 3.8) is 0 Å². The Balaban J connectivity index is 2.35. The van der Waals surface area contributed by atoms with Gasteiger partial charge in [-0.2, -0.15) is 0 Å². The first kappa shape index (κ1) is 13.7. The van der Waals surface area contributed by atoms with Gasteiger partial charge in [0.1, 0.15) is 17.9 Å². The lowest BCUT2D eigenvalue weighted by molar-refractivity contribution is 0.444. The molecule has 0 fully saturated rings. The summed E-state index contributed by atoms with van der Waals surface area (Å²) in [4.78, 5) is 9.30. The normalized spacial score (nSPS) is 10.4. The van der Waals surface area contributed by atoms with E-state index in [1.54, 1.807) is 11.8 Å². The SMILES string of the molecule is CCCc1c(N)ncnc1Oc1ccccc1SC. The molecule has 2 N–H and O–H groups in total. The lowest BCUT2D eigenvalue weighted by Crippen LogP contribution is -2.03. The highest BCUT2D eigenvalue weighted by molar-refractivity contribution is 7.98. The topological polar surface area (TPSA) is 61.0 Å². The molecule has 0 aliphatic carbocycles. The van der Waals surface area contributed by atoms with Crippen molar-refractivity contribution in [3.05, 3.63) is 36.2 Å². The molecule has 1 heterocycles. The van der Waals surface area contributed by atoms with E-state index in [1.807, 2.05) is 30.5 Å². The molecule has 1 aromatic heterocycles. The van der Waals surface area contributed by atoms with Crippen molar-refractivity contribution in [1.29, 1.82) is 0 Å². The molecule has 0 aliphatic rings. The molecule has 2 rings (SSSR count). The summed E-state index contributed by atoms with van der Waals surface area (Å²) in [5, 5.41) is 0. The third kappa shape index (κ3) is 3.17. The Hall–Kier alpha value is -1.75. The van der Waals surface area contributed by atoms with Gasteiger partial charge in [0.2, 0.25) is 5.88 Å². The summed E-state index contributed by atoms with van der Waals surface area (Å²) < 4.78 is 5.91. The number of nitrogens with zero attached hydrogens (tertiary/aromatic N) is 2. The van der Waals surface area contributed by atoms with Gasteiger partial charge in [0.15, 0.2) is 0 Å². The van der Waals surface area contributed by atoms with Crippen LogP contribution in [0.25, 0.3) is 0 Å². The number of thioether (sulfide) groups is 1. The molecule has 100 valence electrons. The second-order valence-corrected chi connectivity index (χ2v) is 4.89. The van der Waals surface area contributed by atoms with Crippen LogP contribution in [0.4, 0.5) is 5.82 Å². The van der Waals surface area contributed by atoms with Crippen LogP contribution in [-0.2, 0) is 6.42 Å². The van der Waals surface area contributed by atoms with E-state index in [4.69, 9.17) is 10.5 Å². The maximum atomic E-state index is 5.91. The molecule has 1 aromatic carbocycles. The predicted octanol–water partition coefficient (Wildman–Crippen LogP) is 3.53. The van der Waals surface area contributed by atoms with Crippen LogP contribution < -0.4 is 10.5 Å². The van der Waals surface area contributed by atoms with Gasteiger partial charge in [0.05, 0.1) is 5.56 Å². The average molecular weight is 275 g/mol. The maximum absolute atomic E-state index is 5.91. The van der Waals surface area contributed by atoms with Gasteiger partial charge in [-0.1, -0.05) is 25.5 Å². The number of nitrogens with two attached hydrogens (primary N) is 1. The Morgan fingerprint density at radius 1 is 1.26 bits per heavy atom. The third-order valence-electron chi connectivity index (χ3n) is 2.71. The highest BCUT2D eigenvalue weighted by Crippen LogP contribution is 2.33. The van der Waals surface area contributed by atoms with E-state index in [2.05, 4.69) is 16.9 Å². The van der Waals surface area contributed by atoms with Crippen LogP contribution in [0.15, 0.2) is 35.5 Å². The number of nitrogen functional groups attached to an aromatic ring is 1. The Kier molecular flexibility index (Phi) is 4.63. The number of hydrogen-bond donors (Lipinski definition) is 1. The van der Waals surface area contributed by atoms with Gasteiger partial charge < -0.3 is 10.5 Å². The zero-order valence-corrected chi connectivity index (χ0v) is 11.9. The lowest BCUT2D eigenvalue weighted by Gasteiger charge is -2.12. The van der Waals surface area contributed by atoms with E-state index < -0.39 is 0 Å². The van der Waals surface area contributed by atoms with E-state index in [-0.39, 0.29) is 0 Å². The minimum absolute atomic E-state index is 0.494. The number of anilines is 1. The first-order valence-corrected chi connectivity index (χ1v) is 7.39. The first-order valence-electron chi connectivity index (χ1n) is 6.16. The molecule has 2 aromatic rings. The number of hydrogen-bond acceptors (Lipinski definition) is 5. The largest absolute Gasteiger partial charge is 0.437 e. The maximum Gasteiger partial charge on any atom is 0.227 e. The number of para-hydroxylation sites is 1. The molecule has 5 heteroatoms. The van der Waals surface area contributed by atoms with Crippen LogP contribution in [0.3, 0.4) is 0 Å². The molecule has 0 saturated heterocycles. The summed E-state index contributed by atoms with van der Waals surface area (Å²) in [6.07, 6.45) is 5.23. The second-order valence-electron chi connectivity index (χ2n) is 4.05. The zero-order chi connectivity index (χ0) is 13.7. The van der Waals surface area contributed by atoms with Crippen molar-refractivity contribution in [2.45, 2.75) is 24.7 Å². The van der Waals surface area contributed by atoms with Gasteiger partial charge >= 0.3 is 0 Å². The third-order valence-corrected chi connectivity index (χ3v) is 3.49. The summed E-state index contributed by atoms with van der Waals surface area (Å²) >= 11 is 1.64. The molecule has 0 amide bonds. The van der Waals surface area contributed by atoms with Crippen LogP contribution in [0.1, 0.15) is 18.9 Å². The van der Waals surface area contributed by atoms with Crippen LogP contribution in [0.5, 0.6) is 11.6 Å². The fraction of sp³-hybridized carbons (Fsp3) is 0.286. The van der Waals surface area contributed by atoms with Crippen molar-refractivity contribution in [1.82, 2.24) is 9.97 Å². The van der Waals surface area contributed by atoms with Gasteiger partial charge in [0, 0.05) is 4.90 Å². The summed E-state index contributed by atoms with van der Waals surface area (Å²) in [5.74, 6) is 1.84. The lowest BCUT2D eigenvalue weighted by atomic mass is 10.2. The van der Waals surface area contributed by atoms with Crippen molar-refractivity contribution < 1.29 is 4.74 Å². The minimum Gasteiger partial charge on any atom is -0.437 e. The van der Waals surface area contributed by atoms with Crippen molar-refractivity contribution in [3.8, 4) is 11.6 Å². The number of rotatable bonds is 5. The molecule has 0 aliphatic heterocycles. The predicted molar refractivity (Wildman–Crippen MR) is 78.7 cm³/mol. The fourth-order valence-corrected chi connectivity index (χ4v) is 2.31. The molecular formula is C14H17N3OS.